The molecule has 216 valence electrons. The molecule has 0 saturated heterocycles. The van der Waals surface area contributed by atoms with E-state index >= 15 is 0 Å². The van der Waals surface area contributed by atoms with Crippen molar-refractivity contribution in [3.8, 4) is 6.19 Å². The fourth-order valence-electron chi connectivity index (χ4n) is 4.86. The van der Waals surface area contributed by atoms with Crippen LogP contribution in [0.3, 0.4) is 0 Å². The molecular formula is C31H32N6O5. The molecule has 1 heterocycles. The number of aryl methyl sites for hydroxylation is 1. The number of carboxylic acid groups (broad SMARTS) is 2. The number of hydrogen-bond donors (Lipinski definition) is 5. The lowest BCUT2D eigenvalue weighted by Gasteiger charge is -2.34. The molecule has 0 fully saturated rings. The Morgan fingerprint density at radius 1 is 1.05 bits per heavy atom. The molecule has 0 saturated carbocycles. The van der Waals surface area contributed by atoms with Crippen molar-refractivity contribution in [1.29, 1.82) is 5.26 Å². The predicted octanol–water partition coefficient (Wildman–Crippen LogP) is 3.22. The molecular weight excluding hydrogens is 536 g/mol. The van der Waals surface area contributed by atoms with Gasteiger partial charge in [0.2, 0.25) is 11.9 Å². The Morgan fingerprint density at radius 2 is 1.76 bits per heavy atom. The summed E-state index contributed by atoms with van der Waals surface area (Å²) in [5.74, 6) is -2.19. The Morgan fingerprint density at radius 3 is 2.43 bits per heavy atom. The van der Waals surface area contributed by atoms with Gasteiger partial charge in [0.05, 0.1) is 5.69 Å². The lowest BCUT2D eigenvalue weighted by Crippen LogP contribution is -2.49. The average Bonchev–Trinajstić information content (AvgIpc) is 2.97. The zero-order valence-electron chi connectivity index (χ0n) is 23.1. The van der Waals surface area contributed by atoms with E-state index in [-0.39, 0.29) is 18.8 Å². The average molecular weight is 569 g/mol. The van der Waals surface area contributed by atoms with Gasteiger partial charge in [0.15, 0.2) is 6.19 Å². The summed E-state index contributed by atoms with van der Waals surface area (Å²) >= 11 is 0. The van der Waals surface area contributed by atoms with Gasteiger partial charge in [0, 0.05) is 25.1 Å². The molecule has 3 aromatic rings. The highest BCUT2D eigenvalue weighted by atomic mass is 16.4. The number of anilines is 1. The van der Waals surface area contributed by atoms with Gasteiger partial charge in [-0.2, -0.15) is 5.26 Å². The lowest BCUT2D eigenvalue weighted by molar-refractivity contribution is -0.142. The number of nitrogens with one attached hydrogen (secondary N) is 3. The van der Waals surface area contributed by atoms with E-state index in [9.17, 15) is 24.8 Å². The van der Waals surface area contributed by atoms with E-state index in [0.717, 1.165) is 16.7 Å². The van der Waals surface area contributed by atoms with Crippen molar-refractivity contribution in [3.05, 3.63) is 95.1 Å². The molecule has 0 radical (unpaired) electrons. The molecule has 0 bridgehead atoms. The summed E-state index contributed by atoms with van der Waals surface area (Å²) in [5.41, 5.74) is 4.61. The maximum absolute atomic E-state index is 13.5. The Balaban J connectivity index is 1.48. The minimum atomic E-state index is -1.15. The van der Waals surface area contributed by atoms with E-state index in [0.29, 0.717) is 36.3 Å². The van der Waals surface area contributed by atoms with Crippen LogP contribution in [0.1, 0.15) is 34.7 Å². The van der Waals surface area contributed by atoms with Gasteiger partial charge in [0.25, 0.3) is 0 Å². The number of aliphatic carboxylic acids is 2. The number of hydrogen-bond acceptors (Lipinski definition) is 6. The summed E-state index contributed by atoms with van der Waals surface area (Å²) in [6.07, 6.45) is 3.05. The first-order valence-electron chi connectivity index (χ1n) is 13.4. The number of guanidine groups is 1. The summed E-state index contributed by atoms with van der Waals surface area (Å²) in [4.78, 5) is 42.7. The molecule has 3 aromatic carbocycles. The van der Waals surface area contributed by atoms with E-state index in [4.69, 9.17) is 5.11 Å². The van der Waals surface area contributed by atoms with E-state index in [1.54, 1.807) is 30.3 Å². The minimum Gasteiger partial charge on any atom is -0.481 e. The Hall–Kier alpha value is -5.21. The minimum absolute atomic E-state index is 0.0142. The van der Waals surface area contributed by atoms with E-state index in [1.165, 1.54) is 0 Å². The van der Waals surface area contributed by atoms with Crippen LogP contribution in [0.15, 0.2) is 77.8 Å². The van der Waals surface area contributed by atoms with Crippen LogP contribution >= 0.6 is 0 Å². The zero-order chi connectivity index (χ0) is 30.1. The van der Waals surface area contributed by atoms with Crippen molar-refractivity contribution in [3.63, 3.8) is 0 Å². The van der Waals surface area contributed by atoms with Crippen LogP contribution in [0.5, 0.6) is 0 Å². The molecule has 11 nitrogen and oxygen atoms in total. The summed E-state index contributed by atoms with van der Waals surface area (Å²) in [6.45, 7) is 0.589. The molecule has 11 heteroatoms. The zero-order valence-corrected chi connectivity index (χ0v) is 23.1. The summed E-state index contributed by atoms with van der Waals surface area (Å²) in [7, 11) is 1.83. The van der Waals surface area contributed by atoms with Crippen LogP contribution in [0.4, 0.5) is 11.4 Å². The van der Waals surface area contributed by atoms with Gasteiger partial charge in [-0.25, -0.2) is 9.79 Å². The molecule has 0 aromatic heterocycles. The Bertz CT molecular complexity index is 1500. The number of likely N-dealkylation sites (N-methyl/N-ethyl adjacent to an activating group) is 1. The number of amides is 1. The molecule has 0 aliphatic carbocycles. The number of rotatable bonds is 10. The molecule has 1 amide bonds. The topological polar surface area (TPSA) is 167 Å². The summed E-state index contributed by atoms with van der Waals surface area (Å²) < 4.78 is 0. The molecule has 2 unspecified atom stereocenters. The number of carbonyl (C=O) groups is 3. The SMILES string of the molecule is CN1CCc2cc(NC(=Nc3ccccc3)NC#N)ccc2C1C(=O)NC(Cc1ccc(CCC(=O)O)cc1)C(=O)O. The third kappa shape index (κ3) is 7.93. The van der Waals surface area contributed by atoms with E-state index in [1.807, 2.05) is 60.6 Å². The fraction of sp³-hybridized carbons (Fsp3) is 0.258. The predicted molar refractivity (Wildman–Crippen MR) is 157 cm³/mol. The van der Waals surface area contributed by atoms with Gasteiger partial charge in [-0.1, -0.05) is 48.5 Å². The first-order chi connectivity index (χ1) is 20.2. The standard InChI is InChI=1S/C31H32N6O5/c1-37-16-15-22-18-24(35-31(33-19-32)34-23-5-3-2-4-6-23)12-13-25(22)28(37)29(40)36-26(30(41)42)17-21-9-7-20(8-10-21)11-14-27(38)39/h2-10,12-13,18,26,28H,11,14-17H2,1H3,(H,36,40)(H,38,39)(H,41,42)(H2,33,34,35). The second-order valence-electron chi connectivity index (χ2n) is 10.0. The van der Waals surface area contributed by atoms with E-state index < -0.39 is 29.9 Å². The monoisotopic (exact) mass is 568 g/mol. The van der Waals surface area contributed by atoms with Crippen molar-refractivity contribution < 1.29 is 24.6 Å². The van der Waals surface area contributed by atoms with Crippen molar-refractivity contribution >= 4 is 35.2 Å². The number of fused-ring (bicyclic) bond motifs is 1. The summed E-state index contributed by atoms with van der Waals surface area (Å²) in [6, 6.07) is 20.0. The molecule has 5 N–H and O–H groups in total. The maximum Gasteiger partial charge on any atom is 0.326 e. The largest absolute Gasteiger partial charge is 0.481 e. The van der Waals surface area contributed by atoms with Crippen molar-refractivity contribution in [2.24, 2.45) is 4.99 Å². The fourth-order valence-corrected chi connectivity index (χ4v) is 4.86. The molecule has 1 aliphatic rings. The first-order valence-corrected chi connectivity index (χ1v) is 13.4. The second kappa shape index (κ2) is 13.9. The molecule has 1 aliphatic heterocycles. The molecule has 4 rings (SSSR count). The lowest BCUT2D eigenvalue weighted by atomic mass is 9.91. The van der Waals surface area contributed by atoms with Crippen LogP contribution in [0, 0.1) is 11.5 Å². The number of para-hydroxylation sites is 1. The maximum atomic E-state index is 13.5. The van der Waals surface area contributed by atoms with Gasteiger partial charge in [-0.15, -0.1) is 0 Å². The highest BCUT2D eigenvalue weighted by Crippen LogP contribution is 2.31. The number of carbonyl (C=O) groups excluding carboxylic acids is 1. The normalized spacial score (nSPS) is 15.5. The third-order valence-electron chi connectivity index (χ3n) is 7.00. The number of benzene rings is 3. The number of aliphatic imine (C=N–C) groups is 1. The van der Waals surface area contributed by atoms with Crippen molar-refractivity contribution in [2.75, 3.05) is 18.9 Å². The molecule has 42 heavy (non-hydrogen) atoms. The van der Waals surface area contributed by atoms with Gasteiger partial charge in [0.1, 0.15) is 12.1 Å². The Kier molecular flexibility index (Phi) is 9.86. The van der Waals surface area contributed by atoms with Crippen molar-refractivity contribution in [2.45, 2.75) is 37.8 Å². The van der Waals surface area contributed by atoms with Gasteiger partial charge < -0.3 is 20.8 Å². The van der Waals surface area contributed by atoms with Crippen LogP contribution in [0.2, 0.25) is 0 Å². The van der Waals surface area contributed by atoms with Gasteiger partial charge >= 0.3 is 11.9 Å². The first kappa shape index (κ1) is 29.8. The Labute approximate surface area is 243 Å². The van der Waals surface area contributed by atoms with Crippen LogP contribution in [-0.2, 0) is 33.6 Å². The smallest absolute Gasteiger partial charge is 0.326 e. The highest BCUT2D eigenvalue weighted by Gasteiger charge is 2.33. The number of nitriles is 1. The number of carboxylic acids is 2. The second-order valence-corrected chi connectivity index (χ2v) is 10.0. The highest BCUT2D eigenvalue weighted by molar-refractivity contribution is 5.96. The van der Waals surface area contributed by atoms with Crippen LogP contribution in [-0.4, -0.2) is 58.6 Å². The summed E-state index contributed by atoms with van der Waals surface area (Å²) in [5, 5.41) is 36.3. The number of nitrogens with zero attached hydrogens (tertiary/aromatic N) is 3. The van der Waals surface area contributed by atoms with Gasteiger partial charge in [-0.3, -0.25) is 19.8 Å². The molecule has 0 spiro atoms. The van der Waals surface area contributed by atoms with E-state index in [2.05, 4.69) is 20.9 Å². The van der Waals surface area contributed by atoms with Crippen molar-refractivity contribution in [1.82, 2.24) is 15.5 Å². The third-order valence-corrected chi connectivity index (χ3v) is 7.00. The molecule has 2 atom stereocenters. The van der Waals surface area contributed by atoms with Gasteiger partial charge in [-0.05, 0) is 66.4 Å². The van der Waals surface area contributed by atoms with Crippen LogP contribution in [0.25, 0.3) is 0 Å². The van der Waals surface area contributed by atoms with Crippen LogP contribution < -0.4 is 16.0 Å². The quantitative estimate of drug-likeness (QED) is 0.107.